The summed E-state index contributed by atoms with van der Waals surface area (Å²) >= 11 is 6.15. The first-order chi connectivity index (χ1) is 10.2. The Morgan fingerprint density at radius 3 is 2.57 bits per heavy atom. The van der Waals surface area contributed by atoms with Crippen LogP contribution in [0.15, 0.2) is 60.1 Å². The number of nitrogens with zero attached hydrogens (tertiary/aromatic N) is 1. The van der Waals surface area contributed by atoms with E-state index in [-0.39, 0.29) is 0 Å². The minimum atomic E-state index is 0.430. The molecule has 3 nitrogen and oxygen atoms in total. The predicted molar refractivity (Wildman–Crippen MR) is 87.4 cm³/mol. The lowest BCUT2D eigenvalue weighted by Gasteiger charge is -2.05. The number of methoxy groups -OCH3 is 1. The van der Waals surface area contributed by atoms with E-state index in [4.69, 9.17) is 21.1 Å². The van der Waals surface area contributed by atoms with E-state index >= 15 is 0 Å². The summed E-state index contributed by atoms with van der Waals surface area (Å²) in [7, 11) is 1.64. The van der Waals surface area contributed by atoms with E-state index in [9.17, 15) is 0 Å². The van der Waals surface area contributed by atoms with E-state index in [2.05, 4.69) is 11.6 Å². The largest absolute Gasteiger partial charge is 0.497 e. The number of ether oxygens (including phenoxy) is 2. The van der Waals surface area contributed by atoms with Gasteiger partial charge in [0.05, 0.1) is 17.8 Å². The van der Waals surface area contributed by atoms with Gasteiger partial charge >= 0.3 is 0 Å². The zero-order chi connectivity index (χ0) is 15.1. The molecule has 0 saturated carbocycles. The van der Waals surface area contributed by atoms with Crippen molar-refractivity contribution >= 4 is 23.5 Å². The van der Waals surface area contributed by atoms with Crippen LogP contribution < -0.4 is 9.47 Å². The molecule has 0 aromatic heterocycles. The van der Waals surface area contributed by atoms with Gasteiger partial charge in [0.2, 0.25) is 0 Å². The highest BCUT2D eigenvalue weighted by Crippen LogP contribution is 2.25. The van der Waals surface area contributed by atoms with Gasteiger partial charge in [-0.25, -0.2) is 0 Å². The highest BCUT2D eigenvalue weighted by molar-refractivity contribution is 6.32. The fraction of sp³-hybridized carbons (Fsp3) is 0.118. The summed E-state index contributed by atoms with van der Waals surface area (Å²) in [5.74, 6) is 1.44. The van der Waals surface area contributed by atoms with Gasteiger partial charge in [0.1, 0.15) is 18.1 Å². The second-order valence-electron chi connectivity index (χ2n) is 4.25. The zero-order valence-electron chi connectivity index (χ0n) is 11.8. The fourth-order valence-corrected chi connectivity index (χ4v) is 1.92. The van der Waals surface area contributed by atoms with Crippen molar-refractivity contribution in [2.75, 3.05) is 13.7 Å². The van der Waals surface area contributed by atoms with Crippen LogP contribution in [-0.2, 0) is 0 Å². The molecule has 21 heavy (non-hydrogen) atoms. The van der Waals surface area contributed by atoms with E-state index in [1.165, 1.54) is 0 Å². The van der Waals surface area contributed by atoms with Crippen molar-refractivity contribution in [3.8, 4) is 11.5 Å². The molecule has 0 saturated heterocycles. The first kappa shape index (κ1) is 15.1. The number of benzene rings is 2. The van der Waals surface area contributed by atoms with E-state index < -0.39 is 0 Å². The number of hydrogen-bond donors (Lipinski definition) is 0. The lowest BCUT2D eigenvalue weighted by atomic mass is 10.2. The normalized spacial score (nSPS) is 10.6. The van der Waals surface area contributed by atoms with Crippen LogP contribution in [0.2, 0.25) is 5.02 Å². The van der Waals surface area contributed by atoms with Crippen molar-refractivity contribution in [1.29, 1.82) is 0 Å². The molecule has 0 radical (unpaired) electrons. The molecular weight excluding hydrogens is 286 g/mol. The minimum absolute atomic E-state index is 0.430. The fourth-order valence-electron chi connectivity index (χ4n) is 1.68. The van der Waals surface area contributed by atoms with Crippen molar-refractivity contribution in [1.82, 2.24) is 0 Å². The maximum Gasteiger partial charge on any atom is 0.138 e. The Bertz CT molecular complexity index is 636. The molecule has 0 aliphatic heterocycles. The van der Waals surface area contributed by atoms with Gasteiger partial charge in [0.15, 0.2) is 0 Å². The second kappa shape index (κ2) is 7.50. The van der Waals surface area contributed by atoms with Gasteiger partial charge in [-0.15, -0.1) is 0 Å². The summed E-state index contributed by atoms with van der Waals surface area (Å²) in [4.78, 5) is 4.39. The summed E-state index contributed by atoms with van der Waals surface area (Å²) in [6.45, 7) is 4.03. The highest BCUT2D eigenvalue weighted by Gasteiger charge is 2.01. The van der Waals surface area contributed by atoms with Crippen molar-refractivity contribution in [3.05, 3.63) is 65.7 Å². The summed E-state index contributed by atoms with van der Waals surface area (Å²) in [6, 6.07) is 13.0. The Labute approximate surface area is 129 Å². The van der Waals surface area contributed by atoms with Crippen LogP contribution in [0, 0.1) is 0 Å². The average Bonchev–Trinajstić information content (AvgIpc) is 2.52. The van der Waals surface area contributed by atoms with E-state index in [1.807, 2.05) is 42.5 Å². The molecule has 0 atom stereocenters. The zero-order valence-corrected chi connectivity index (χ0v) is 12.5. The van der Waals surface area contributed by atoms with E-state index in [1.54, 1.807) is 19.4 Å². The molecule has 0 N–H and O–H groups in total. The molecule has 4 heteroatoms. The average molecular weight is 302 g/mol. The molecule has 0 unspecified atom stereocenters. The predicted octanol–water partition coefficient (Wildman–Crippen LogP) is 4.66. The number of rotatable bonds is 6. The smallest absolute Gasteiger partial charge is 0.138 e. The molecule has 0 heterocycles. The van der Waals surface area contributed by atoms with Gasteiger partial charge in [-0.2, -0.15) is 0 Å². The Morgan fingerprint density at radius 1 is 1.19 bits per heavy atom. The van der Waals surface area contributed by atoms with Crippen LogP contribution in [0.3, 0.4) is 0 Å². The van der Waals surface area contributed by atoms with Crippen LogP contribution in [-0.4, -0.2) is 19.9 Å². The van der Waals surface area contributed by atoms with Gasteiger partial charge in [-0.05, 0) is 48.0 Å². The van der Waals surface area contributed by atoms with Crippen molar-refractivity contribution in [2.45, 2.75) is 0 Å². The van der Waals surface area contributed by atoms with Crippen LogP contribution in [0.1, 0.15) is 5.56 Å². The third-order valence-corrected chi connectivity index (χ3v) is 3.04. The molecule has 0 amide bonds. The van der Waals surface area contributed by atoms with Crippen LogP contribution in [0.4, 0.5) is 5.69 Å². The first-order valence-electron chi connectivity index (χ1n) is 6.44. The molecule has 2 aromatic carbocycles. The molecule has 0 aliphatic rings. The molecular formula is C17H16ClNO2. The van der Waals surface area contributed by atoms with Gasteiger partial charge in [0, 0.05) is 6.21 Å². The highest BCUT2D eigenvalue weighted by atomic mass is 35.5. The molecule has 2 rings (SSSR count). The summed E-state index contributed by atoms with van der Waals surface area (Å²) in [6.07, 6.45) is 3.43. The first-order valence-corrected chi connectivity index (χ1v) is 6.82. The number of hydrogen-bond acceptors (Lipinski definition) is 3. The quantitative estimate of drug-likeness (QED) is 0.573. The van der Waals surface area contributed by atoms with Crippen LogP contribution >= 0.6 is 11.6 Å². The molecule has 0 bridgehead atoms. The molecule has 0 fully saturated rings. The molecule has 2 aromatic rings. The van der Waals surface area contributed by atoms with Gasteiger partial charge < -0.3 is 9.47 Å². The topological polar surface area (TPSA) is 30.8 Å². The number of aliphatic imine (C=N–C) groups is 1. The number of halogens is 1. The van der Waals surface area contributed by atoms with E-state index in [0.717, 1.165) is 17.0 Å². The van der Waals surface area contributed by atoms with Crippen molar-refractivity contribution < 1.29 is 9.47 Å². The third-order valence-electron chi connectivity index (χ3n) is 2.75. The summed E-state index contributed by atoms with van der Waals surface area (Å²) in [5, 5.41) is 0.551. The van der Waals surface area contributed by atoms with Crippen LogP contribution in [0.5, 0.6) is 11.5 Å². The molecule has 108 valence electrons. The Morgan fingerprint density at radius 2 is 1.95 bits per heavy atom. The van der Waals surface area contributed by atoms with Gasteiger partial charge in [0.25, 0.3) is 0 Å². The van der Waals surface area contributed by atoms with Crippen molar-refractivity contribution in [2.24, 2.45) is 4.99 Å². The van der Waals surface area contributed by atoms with E-state index in [0.29, 0.717) is 17.4 Å². The second-order valence-corrected chi connectivity index (χ2v) is 4.65. The van der Waals surface area contributed by atoms with Gasteiger partial charge in [-0.3, -0.25) is 4.99 Å². The standard InChI is InChI=1S/C17H16ClNO2/c1-3-10-21-17-9-4-13(11-16(17)18)12-19-14-5-7-15(20-2)8-6-14/h3-9,11-12H,1,10H2,2H3. The maximum absolute atomic E-state index is 6.15. The third kappa shape index (κ3) is 4.36. The van der Waals surface area contributed by atoms with Crippen molar-refractivity contribution in [3.63, 3.8) is 0 Å². The summed E-state index contributed by atoms with van der Waals surface area (Å²) < 4.78 is 10.5. The monoisotopic (exact) mass is 301 g/mol. The van der Waals surface area contributed by atoms with Gasteiger partial charge in [-0.1, -0.05) is 24.3 Å². The Kier molecular flexibility index (Phi) is 5.41. The molecule has 0 aliphatic carbocycles. The Balaban J connectivity index is 2.09. The lowest BCUT2D eigenvalue weighted by Crippen LogP contribution is -1.94. The maximum atomic E-state index is 6.15. The van der Waals surface area contributed by atoms with Crippen LogP contribution in [0.25, 0.3) is 0 Å². The SMILES string of the molecule is C=CCOc1ccc(C=Nc2ccc(OC)cc2)cc1Cl. The summed E-state index contributed by atoms with van der Waals surface area (Å²) in [5.41, 5.74) is 1.75. The lowest BCUT2D eigenvalue weighted by molar-refractivity contribution is 0.363. The molecule has 0 spiro atoms. The minimum Gasteiger partial charge on any atom is -0.497 e. The Hall–Kier alpha value is -2.26.